The van der Waals surface area contributed by atoms with Gasteiger partial charge in [0.05, 0.1) is 6.07 Å². The lowest BCUT2D eigenvalue weighted by atomic mass is 9.90. The molecule has 154 valence electrons. The third-order valence-corrected chi connectivity index (χ3v) is 4.90. The van der Waals surface area contributed by atoms with Crippen LogP contribution in [-0.4, -0.2) is 39.7 Å². The maximum absolute atomic E-state index is 12.4. The molecule has 1 amide bonds. The number of nitrogens with one attached hydrogen (secondary N) is 1. The van der Waals surface area contributed by atoms with Gasteiger partial charge in [-0.1, -0.05) is 13.8 Å². The zero-order chi connectivity index (χ0) is 21.5. The van der Waals surface area contributed by atoms with E-state index in [2.05, 4.69) is 15.3 Å². The highest BCUT2D eigenvalue weighted by Crippen LogP contribution is 2.24. The first-order valence-corrected chi connectivity index (χ1v) is 9.53. The molecule has 1 rings (SSSR count). The molecule has 0 radical (unpaired) electrons. The minimum atomic E-state index is -2.61. The van der Waals surface area contributed by atoms with Gasteiger partial charge in [-0.15, -0.1) is 0 Å². The molecule has 0 aliphatic heterocycles. The normalized spacial score (nSPS) is 13.1. The highest BCUT2D eigenvalue weighted by Gasteiger charge is 2.30. The maximum Gasteiger partial charge on any atom is 0.306 e. The largest absolute Gasteiger partial charge is 0.456 e. The second-order valence-electron chi connectivity index (χ2n) is 6.71. The lowest BCUT2D eigenvalue weighted by Gasteiger charge is -2.27. The molecule has 0 saturated heterocycles. The van der Waals surface area contributed by atoms with Gasteiger partial charge in [-0.05, 0) is 50.4 Å². The second-order valence-corrected chi connectivity index (χ2v) is 7.67. The Kier molecular flexibility index (Phi) is 8.75. The van der Waals surface area contributed by atoms with E-state index in [1.165, 1.54) is 0 Å². The monoisotopic (exact) mass is 414 g/mol. The Hall–Kier alpha value is -2.28. The summed E-state index contributed by atoms with van der Waals surface area (Å²) in [6.45, 7) is 8.03. The molecule has 0 aromatic carbocycles. The molecule has 10 heteroatoms. The highest BCUT2D eigenvalue weighted by molar-refractivity contribution is 7.99. The summed E-state index contributed by atoms with van der Waals surface area (Å²) in [5.74, 6) is -3.88. The summed E-state index contributed by atoms with van der Waals surface area (Å²) in [5, 5.41) is 11.7. The fraction of sp³-hybridized carbons (Fsp3) is 0.611. The molecule has 0 aliphatic carbocycles. The molecule has 0 spiro atoms. The summed E-state index contributed by atoms with van der Waals surface area (Å²) >= 11 is 0.265. The zero-order valence-corrected chi connectivity index (χ0v) is 17.3. The molecule has 7 nitrogen and oxygen atoms in total. The van der Waals surface area contributed by atoms with Crippen LogP contribution < -0.4 is 5.32 Å². The molecule has 0 saturated carbocycles. The van der Waals surface area contributed by atoms with E-state index >= 15 is 0 Å². The molecule has 1 N–H and O–H groups in total. The van der Waals surface area contributed by atoms with Gasteiger partial charge in [-0.25, -0.2) is 9.97 Å². The number of hydrogen-bond acceptors (Lipinski definition) is 7. The third kappa shape index (κ3) is 7.03. The molecule has 0 bridgehead atoms. The Morgan fingerprint density at radius 1 is 1.29 bits per heavy atom. The molecule has 1 aromatic heterocycles. The van der Waals surface area contributed by atoms with Crippen molar-refractivity contribution in [2.24, 2.45) is 5.92 Å². The number of halogens is 2. The molecule has 1 atom stereocenters. The maximum atomic E-state index is 12.4. The summed E-state index contributed by atoms with van der Waals surface area (Å²) in [7, 11) is 0. The van der Waals surface area contributed by atoms with Crippen molar-refractivity contribution in [3.05, 3.63) is 17.0 Å². The van der Waals surface area contributed by atoms with E-state index in [1.807, 2.05) is 6.07 Å². The van der Waals surface area contributed by atoms with Gasteiger partial charge >= 0.3 is 5.97 Å². The predicted molar refractivity (Wildman–Crippen MR) is 99.6 cm³/mol. The number of hydrogen-bond donors (Lipinski definition) is 1. The molecule has 0 aliphatic rings. The van der Waals surface area contributed by atoms with Gasteiger partial charge in [-0.3, -0.25) is 9.59 Å². The van der Waals surface area contributed by atoms with Crippen molar-refractivity contribution in [2.45, 2.75) is 63.9 Å². The van der Waals surface area contributed by atoms with E-state index in [1.54, 1.807) is 34.6 Å². The van der Waals surface area contributed by atoms with Gasteiger partial charge in [-0.2, -0.15) is 14.0 Å². The van der Waals surface area contributed by atoms with Crippen molar-refractivity contribution >= 4 is 23.6 Å². The lowest BCUT2D eigenvalue weighted by molar-refractivity contribution is -0.149. The summed E-state index contributed by atoms with van der Waals surface area (Å²) in [4.78, 5) is 31.9. The first kappa shape index (κ1) is 23.8. The fourth-order valence-corrected chi connectivity index (χ4v) is 2.81. The average Bonchev–Trinajstić information content (AvgIpc) is 2.58. The van der Waals surface area contributed by atoms with Gasteiger partial charge in [0.2, 0.25) is 0 Å². The van der Waals surface area contributed by atoms with E-state index in [4.69, 9.17) is 4.74 Å². The minimum Gasteiger partial charge on any atom is -0.456 e. The topological polar surface area (TPSA) is 105 Å². The number of ether oxygens (including phenoxy) is 1. The number of aromatic nitrogens is 2. The van der Waals surface area contributed by atoms with Crippen molar-refractivity contribution < 1.29 is 23.1 Å². The molecule has 1 heterocycles. The van der Waals surface area contributed by atoms with E-state index in [-0.39, 0.29) is 35.7 Å². The quantitative estimate of drug-likeness (QED) is 0.376. The SMILES string of the molecule is Cc1nc(SC(F)F)nc(C)c1CCC(=O)OCC(=O)N[C@@](C)(C#N)C(C)C. The van der Waals surface area contributed by atoms with Crippen LogP contribution in [0.5, 0.6) is 0 Å². The van der Waals surface area contributed by atoms with E-state index < -0.39 is 29.8 Å². The Labute approximate surface area is 167 Å². The standard InChI is InChI=1S/C18H24F2N4O3S/c1-10(2)18(5,9-21)24-14(25)8-27-15(26)7-6-13-11(3)22-17(23-12(13)4)28-16(19)20/h10,16H,6-8H2,1-5H3,(H,24,25)/t18-/m0/s1. The summed E-state index contributed by atoms with van der Waals surface area (Å²) < 4.78 is 29.8. The van der Waals surface area contributed by atoms with E-state index in [9.17, 15) is 23.6 Å². The Balaban J connectivity index is 2.57. The predicted octanol–water partition coefficient (Wildman–Crippen LogP) is 2.94. The first-order chi connectivity index (χ1) is 13.0. The van der Waals surface area contributed by atoms with Gasteiger partial charge in [0.15, 0.2) is 11.8 Å². The third-order valence-electron chi connectivity index (χ3n) is 4.32. The van der Waals surface area contributed by atoms with E-state index in [0.29, 0.717) is 17.0 Å². The van der Waals surface area contributed by atoms with E-state index in [0.717, 1.165) is 0 Å². The Bertz CT molecular complexity index is 745. The minimum absolute atomic E-state index is 0.0145. The van der Waals surface area contributed by atoms with Crippen LogP contribution in [0.3, 0.4) is 0 Å². The molecule has 1 aromatic rings. The van der Waals surface area contributed by atoms with Gasteiger partial charge in [0, 0.05) is 17.8 Å². The van der Waals surface area contributed by atoms with Crippen LogP contribution in [0, 0.1) is 31.1 Å². The van der Waals surface area contributed by atoms with Crippen molar-refractivity contribution in [3.8, 4) is 6.07 Å². The van der Waals surface area contributed by atoms with Gasteiger partial charge in [0.25, 0.3) is 11.7 Å². The number of amides is 1. The molecular weight excluding hydrogens is 390 g/mol. The highest BCUT2D eigenvalue weighted by atomic mass is 32.2. The summed E-state index contributed by atoms with van der Waals surface area (Å²) in [6.07, 6.45) is 0.249. The van der Waals surface area contributed by atoms with Crippen LogP contribution in [0.25, 0.3) is 0 Å². The van der Waals surface area contributed by atoms with Gasteiger partial charge in [0.1, 0.15) is 5.54 Å². The number of nitrogens with zero attached hydrogens (tertiary/aromatic N) is 3. The van der Waals surface area contributed by atoms with Crippen LogP contribution in [-0.2, 0) is 20.7 Å². The van der Waals surface area contributed by atoms with Crippen molar-refractivity contribution in [1.29, 1.82) is 5.26 Å². The number of thioether (sulfide) groups is 1. The number of carbonyl (C=O) groups excluding carboxylic acids is 2. The van der Waals surface area contributed by atoms with Crippen LogP contribution in [0.2, 0.25) is 0 Å². The second kappa shape index (κ2) is 10.3. The fourth-order valence-electron chi connectivity index (χ4n) is 2.28. The lowest BCUT2D eigenvalue weighted by Crippen LogP contribution is -2.50. The Morgan fingerprint density at radius 2 is 1.86 bits per heavy atom. The molecule has 0 fully saturated rings. The number of rotatable bonds is 9. The molecular formula is C18H24F2N4O3S. The number of alkyl halides is 2. The van der Waals surface area contributed by atoms with Crippen LogP contribution in [0.4, 0.5) is 8.78 Å². The van der Waals surface area contributed by atoms with Crippen LogP contribution >= 0.6 is 11.8 Å². The summed E-state index contributed by atoms with van der Waals surface area (Å²) in [5.41, 5.74) is 0.662. The average molecular weight is 414 g/mol. The summed E-state index contributed by atoms with van der Waals surface area (Å²) in [6, 6.07) is 2.04. The molecule has 0 unspecified atom stereocenters. The first-order valence-electron chi connectivity index (χ1n) is 8.65. The Morgan fingerprint density at radius 3 is 2.32 bits per heavy atom. The van der Waals surface area contributed by atoms with Crippen molar-refractivity contribution in [1.82, 2.24) is 15.3 Å². The van der Waals surface area contributed by atoms with Crippen molar-refractivity contribution in [2.75, 3.05) is 6.61 Å². The number of aryl methyl sites for hydroxylation is 2. The number of esters is 1. The van der Waals surface area contributed by atoms with Crippen LogP contribution in [0.15, 0.2) is 5.16 Å². The van der Waals surface area contributed by atoms with Crippen LogP contribution in [0.1, 0.15) is 44.1 Å². The molecule has 28 heavy (non-hydrogen) atoms. The number of carbonyl (C=O) groups is 2. The van der Waals surface area contributed by atoms with Crippen molar-refractivity contribution in [3.63, 3.8) is 0 Å². The van der Waals surface area contributed by atoms with Gasteiger partial charge < -0.3 is 10.1 Å². The number of nitriles is 1. The smallest absolute Gasteiger partial charge is 0.306 e. The zero-order valence-electron chi connectivity index (χ0n) is 16.5.